The molecule has 0 aliphatic rings. The molecule has 0 saturated heterocycles. The number of thiocarbonyl (C=S) groups is 1. The summed E-state index contributed by atoms with van der Waals surface area (Å²) in [6.45, 7) is 6.43. The number of nitrogens with one attached hydrogen (secondary N) is 2. The van der Waals surface area contributed by atoms with E-state index in [1.54, 1.807) is 0 Å². The number of hydrogen-bond acceptors (Lipinski definition) is 4. The minimum atomic E-state index is 0.416. The zero-order valence-electron chi connectivity index (χ0n) is 15.0. The molecule has 6 heteroatoms. The van der Waals surface area contributed by atoms with Crippen LogP contribution in [0.1, 0.15) is 25.2 Å². The molecule has 0 radical (unpaired) electrons. The number of furan rings is 1. The monoisotopic (exact) mass is 367 g/mol. The van der Waals surface area contributed by atoms with E-state index >= 15 is 0 Å². The average Bonchev–Trinajstić information content (AvgIpc) is 3.07. The topological polar surface area (TPSA) is 58.8 Å². The van der Waals surface area contributed by atoms with Gasteiger partial charge in [-0.3, -0.25) is 5.43 Å². The van der Waals surface area contributed by atoms with Crippen molar-refractivity contribution in [3.05, 3.63) is 59.9 Å². The smallest absolute Gasteiger partial charge is 0.191 e. The van der Waals surface area contributed by atoms with E-state index < -0.39 is 0 Å². The molecule has 0 fully saturated rings. The van der Waals surface area contributed by atoms with Gasteiger partial charge in [0.25, 0.3) is 0 Å². The summed E-state index contributed by atoms with van der Waals surface area (Å²) in [7, 11) is 0. The third-order valence-electron chi connectivity index (χ3n) is 3.80. The number of rotatable bonds is 5. The lowest BCUT2D eigenvalue weighted by Gasteiger charge is -2.07. The maximum atomic E-state index is 5.92. The molecule has 3 rings (SSSR count). The number of ether oxygens (including phenoxy) is 1. The van der Waals surface area contributed by atoms with Gasteiger partial charge in [0.2, 0.25) is 0 Å². The van der Waals surface area contributed by atoms with Crippen LogP contribution in [0, 0.1) is 6.92 Å². The number of hydrazone groups is 1. The Morgan fingerprint density at radius 3 is 2.69 bits per heavy atom. The summed E-state index contributed by atoms with van der Waals surface area (Å²) in [5.41, 5.74) is 6.36. The van der Waals surface area contributed by atoms with Gasteiger partial charge in [-0.25, -0.2) is 0 Å². The molecule has 0 aliphatic carbocycles. The molecule has 2 N–H and O–H groups in total. The van der Waals surface area contributed by atoms with E-state index in [2.05, 4.69) is 15.8 Å². The summed E-state index contributed by atoms with van der Waals surface area (Å²) in [5.74, 6) is 1.39. The first-order valence-electron chi connectivity index (χ1n) is 8.40. The van der Waals surface area contributed by atoms with Gasteiger partial charge in [0.15, 0.2) is 22.2 Å². The second-order valence-corrected chi connectivity index (χ2v) is 6.26. The van der Waals surface area contributed by atoms with E-state index in [4.69, 9.17) is 21.4 Å². The van der Waals surface area contributed by atoms with Crippen LogP contribution in [0.5, 0.6) is 5.75 Å². The van der Waals surface area contributed by atoms with Crippen LogP contribution in [0.2, 0.25) is 0 Å². The van der Waals surface area contributed by atoms with Crippen molar-refractivity contribution in [2.75, 3.05) is 11.9 Å². The van der Waals surface area contributed by atoms with Crippen LogP contribution in [0.4, 0.5) is 5.69 Å². The lowest BCUT2D eigenvalue weighted by Crippen LogP contribution is -2.24. The van der Waals surface area contributed by atoms with Crippen LogP contribution in [0.25, 0.3) is 11.0 Å². The number of hydrogen-bond donors (Lipinski definition) is 2. The zero-order chi connectivity index (χ0) is 18.5. The molecular weight excluding hydrogens is 346 g/mol. The Bertz CT molecular complexity index is 945. The number of para-hydroxylation sites is 1. The SMILES string of the molecule is CCOc1cccc2cc(/C(C)=N\NC(=S)Nc3ccc(C)cc3)oc12. The Hall–Kier alpha value is -2.86. The number of nitrogens with zero attached hydrogens (tertiary/aromatic N) is 1. The summed E-state index contributed by atoms with van der Waals surface area (Å²) in [6.07, 6.45) is 0. The standard InChI is InChI=1S/C20H21N3O2S/c1-4-24-17-7-5-6-15-12-18(25-19(15)17)14(3)22-23-20(26)21-16-10-8-13(2)9-11-16/h5-12H,4H2,1-3H3,(H2,21,23,26)/b22-14-. The second-order valence-electron chi connectivity index (χ2n) is 5.85. The molecule has 26 heavy (non-hydrogen) atoms. The molecule has 0 saturated carbocycles. The number of benzene rings is 2. The van der Waals surface area contributed by atoms with Crippen molar-refractivity contribution in [1.29, 1.82) is 0 Å². The molecule has 0 bridgehead atoms. The Labute approximate surface area is 158 Å². The van der Waals surface area contributed by atoms with Gasteiger partial charge in [0, 0.05) is 11.1 Å². The van der Waals surface area contributed by atoms with Crippen molar-refractivity contribution < 1.29 is 9.15 Å². The first kappa shape index (κ1) is 17.9. The van der Waals surface area contributed by atoms with Gasteiger partial charge in [0.05, 0.1) is 6.61 Å². The fraction of sp³-hybridized carbons (Fsp3) is 0.200. The fourth-order valence-corrected chi connectivity index (χ4v) is 2.63. The highest BCUT2D eigenvalue weighted by Crippen LogP contribution is 2.29. The Kier molecular flexibility index (Phi) is 5.53. The minimum absolute atomic E-state index is 0.416. The van der Waals surface area contributed by atoms with Gasteiger partial charge in [0.1, 0.15) is 5.71 Å². The molecule has 2 aromatic carbocycles. The van der Waals surface area contributed by atoms with Gasteiger partial charge >= 0.3 is 0 Å². The van der Waals surface area contributed by atoms with Gasteiger partial charge in [-0.2, -0.15) is 5.10 Å². The van der Waals surface area contributed by atoms with Crippen molar-refractivity contribution in [1.82, 2.24) is 5.43 Å². The Balaban J connectivity index is 1.71. The summed E-state index contributed by atoms with van der Waals surface area (Å²) in [5, 5.41) is 8.79. The van der Waals surface area contributed by atoms with E-state index in [0.29, 0.717) is 23.2 Å². The highest BCUT2D eigenvalue weighted by molar-refractivity contribution is 7.80. The lowest BCUT2D eigenvalue weighted by atomic mass is 10.2. The summed E-state index contributed by atoms with van der Waals surface area (Å²) < 4.78 is 11.5. The van der Waals surface area contributed by atoms with Crippen LogP contribution in [-0.2, 0) is 0 Å². The first-order valence-corrected chi connectivity index (χ1v) is 8.81. The Morgan fingerprint density at radius 1 is 1.19 bits per heavy atom. The van der Waals surface area contributed by atoms with Crippen LogP contribution >= 0.6 is 12.2 Å². The number of anilines is 1. The molecule has 0 amide bonds. The van der Waals surface area contributed by atoms with Gasteiger partial charge in [-0.05, 0) is 57.3 Å². The van der Waals surface area contributed by atoms with Crippen molar-refractivity contribution >= 4 is 39.7 Å². The van der Waals surface area contributed by atoms with E-state index in [0.717, 1.165) is 22.4 Å². The molecule has 1 heterocycles. The van der Waals surface area contributed by atoms with E-state index in [9.17, 15) is 0 Å². The molecular formula is C20H21N3O2S. The maximum Gasteiger partial charge on any atom is 0.191 e. The summed E-state index contributed by atoms with van der Waals surface area (Å²) in [6, 6.07) is 15.7. The molecule has 3 aromatic rings. The van der Waals surface area contributed by atoms with Crippen molar-refractivity contribution in [3.63, 3.8) is 0 Å². The summed E-state index contributed by atoms with van der Waals surface area (Å²) in [4.78, 5) is 0. The normalized spacial score (nSPS) is 11.4. The first-order chi connectivity index (χ1) is 12.6. The predicted octanol–water partition coefficient (Wildman–Crippen LogP) is 4.85. The summed E-state index contributed by atoms with van der Waals surface area (Å²) >= 11 is 5.28. The molecule has 0 spiro atoms. The number of fused-ring (bicyclic) bond motifs is 1. The molecule has 0 atom stereocenters. The molecule has 0 unspecified atom stereocenters. The minimum Gasteiger partial charge on any atom is -0.490 e. The third kappa shape index (κ3) is 4.21. The zero-order valence-corrected chi connectivity index (χ0v) is 15.8. The highest BCUT2D eigenvalue weighted by atomic mass is 32.1. The van der Waals surface area contributed by atoms with Crippen LogP contribution in [0.15, 0.2) is 58.0 Å². The number of aryl methyl sites for hydroxylation is 1. The van der Waals surface area contributed by atoms with Gasteiger partial charge in [-0.15, -0.1) is 0 Å². The molecule has 5 nitrogen and oxygen atoms in total. The van der Waals surface area contributed by atoms with Crippen LogP contribution < -0.4 is 15.5 Å². The van der Waals surface area contributed by atoms with Gasteiger partial charge in [-0.1, -0.05) is 29.8 Å². The Morgan fingerprint density at radius 2 is 1.96 bits per heavy atom. The third-order valence-corrected chi connectivity index (χ3v) is 3.99. The van der Waals surface area contributed by atoms with Crippen LogP contribution in [0.3, 0.4) is 0 Å². The largest absolute Gasteiger partial charge is 0.490 e. The van der Waals surface area contributed by atoms with Crippen LogP contribution in [-0.4, -0.2) is 17.4 Å². The predicted molar refractivity (Wildman–Crippen MR) is 110 cm³/mol. The van der Waals surface area contributed by atoms with Crippen molar-refractivity contribution in [3.8, 4) is 5.75 Å². The van der Waals surface area contributed by atoms with Crippen molar-refractivity contribution in [2.45, 2.75) is 20.8 Å². The highest BCUT2D eigenvalue weighted by Gasteiger charge is 2.11. The van der Waals surface area contributed by atoms with Gasteiger partial charge < -0.3 is 14.5 Å². The lowest BCUT2D eigenvalue weighted by molar-refractivity contribution is 0.338. The fourth-order valence-electron chi connectivity index (χ4n) is 2.47. The maximum absolute atomic E-state index is 5.92. The van der Waals surface area contributed by atoms with E-state index in [1.165, 1.54) is 5.56 Å². The average molecular weight is 367 g/mol. The molecule has 0 aliphatic heterocycles. The molecule has 134 valence electrons. The molecule has 1 aromatic heterocycles. The van der Waals surface area contributed by atoms with Crippen molar-refractivity contribution in [2.24, 2.45) is 5.10 Å². The second kappa shape index (κ2) is 8.01. The van der Waals surface area contributed by atoms with E-state index in [1.807, 2.05) is 69.3 Å². The quantitative estimate of drug-likeness (QED) is 0.383. The van der Waals surface area contributed by atoms with E-state index in [-0.39, 0.29) is 0 Å².